The predicted octanol–water partition coefficient (Wildman–Crippen LogP) is 5.12. The molecule has 6 heteroatoms. The zero-order valence-corrected chi connectivity index (χ0v) is 22.9. The number of nitrogens with two attached hydrogens (primary N) is 1. The molecule has 4 N–H and O–H groups in total. The minimum absolute atomic E-state index is 0.000900. The van der Waals surface area contributed by atoms with Crippen LogP contribution in [0.1, 0.15) is 41.6 Å². The monoisotopic (exact) mass is 534 g/mol. The molecular weight excluding hydrogens is 496 g/mol. The Hall–Kier alpha value is -4.00. The van der Waals surface area contributed by atoms with Crippen molar-refractivity contribution < 1.29 is 9.59 Å². The second-order valence-corrected chi connectivity index (χ2v) is 10.6. The zero-order valence-electron chi connectivity index (χ0n) is 22.9. The zero-order chi connectivity index (χ0) is 27.7. The summed E-state index contributed by atoms with van der Waals surface area (Å²) < 4.78 is 0. The van der Waals surface area contributed by atoms with Crippen LogP contribution in [0.15, 0.2) is 97.1 Å². The summed E-state index contributed by atoms with van der Waals surface area (Å²) in [7, 11) is 0. The van der Waals surface area contributed by atoms with E-state index in [2.05, 4.69) is 53.1 Å². The Morgan fingerprint density at radius 2 is 1.60 bits per heavy atom. The molecule has 0 unspecified atom stereocenters. The molecule has 1 saturated heterocycles. The fourth-order valence-electron chi connectivity index (χ4n) is 5.42. The molecule has 4 aromatic rings. The van der Waals surface area contributed by atoms with Crippen LogP contribution in [0.2, 0.25) is 0 Å². The van der Waals surface area contributed by atoms with Crippen molar-refractivity contribution in [3.8, 4) is 11.1 Å². The van der Waals surface area contributed by atoms with Gasteiger partial charge in [0.05, 0.1) is 6.04 Å². The molecule has 2 amide bonds. The Kier molecular flexibility index (Phi) is 9.22. The molecule has 0 aliphatic carbocycles. The molecule has 0 saturated carbocycles. The van der Waals surface area contributed by atoms with Crippen molar-refractivity contribution >= 4 is 22.6 Å². The van der Waals surface area contributed by atoms with Crippen molar-refractivity contribution in [1.29, 1.82) is 0 Å². The van der Waals surface area contributed by atoms with E-state index in [-0.39, 0.29) is 23.9 Å². The van der Waals surface area contributed by atoms with E-state index in [0.717, 1.165) is 42.4 Å². The summed E-state index contributed by atoms with van der Waals surface area (Å²) in [6.07, 6.45) is 3.27. The molecule has 6 nitrogen and oxygen atoms in total. The van der Waals surface area contributed by atoms with Crippen molar-refractivity contribution in [3.63, 3.8) is 0 Å². The maximum absolute atomic E-state index is 13.6. The highest BCUT2D eigenvalue weighted by Crippen LogP contribution is 2.21. The SMILES string of the molecule is NCCCC[C@H]1N[C@H](CNC(=O)c2ccc(-c3ccccc3)cc2)CCN(Cc2ccc3ccccc3c2)C1=O. The van der Waals surface area contributed by atoms with Gasteiger partial charge in [-0.15, -0.1) is 0 Å². The Labute approximate surface area is 236 Å². The lowest BCUT2D eigenvalue weighted by molar-refractivity contribution is -0.133. The average molecular weight is 535 g/mol. The highest BCUT2D eigenvalue weighted by atomic mass is 16.2. The summed E-state index contributed by atoms with van der Waals surface area (Å²) in [4.78, 5) is 28.5. The lowest BCUT2D eigenvalue weighted by atomic mass is 10.0. The van der Waals surface area contributed by atoms with Crippen LogP contribution in [-0.4, -0.2) is 48.4 Å². The molecule has 2 atom stereocenters. The molecule has 1 heterocycles. The maximum atomic E-state index is 13.6. The Balaban J connectivity index is 1.23. The summed E-state index contributed by atoms with van der Waals surface area (Å²) in [6, 6.07) is 32.2. The van der Waals surface area contributed by atoms with Gasteiger partial charge >= 0.3 is 0 Å². The number of hydrogen-bond acceptors (Lipinski definition) is 4. The molecule has 0 spiro atoms. The lowest BCUT2D eigenvalue weighted by Crippen LogP contribution is -2.48. The number of nitrogens with one attached hydrogen (secondary N) is 2. The number of benzene rings is 4. The van der Waals surface area contributed by atoms with E-state index in [1.165, 1.54) is 10.8 Å². The number of carbonyl (C=O) groups excluding carboxylic acids is 2. The van der Waals surface area contributed by atoms with Gasteiger partial charge in [-0.3, -0.25) is 9.59 Å². The second-order valence-electron chi connectivity index (χ2n) is 10.6. The van der Waals surface area contributed by atoms with Crippen molar-refractivity contribution in [1.82, 2.24) is 15.5 Å². The van der Waals surface area contributed by atoms with Crippen LogP contribution in [-0.2, 0) is 11.3 Å². The Morgan fingerprint density at radius 1 is 0.875 bits per heavy atom. The van der Waals surface area contributed by atoms with Crippen LogP contribution in [0, 0.1) is 0 Å². The van der Waals surface area contributed by atoms with Gasteiger partial charge < -0.3 is 21.3 Å². The Morgan fingerprint density at radius 3 is 2.38 bits per heavy atom. The highest BCUT2D eigenvalue weighted by molar-refractivity contribution is 5.94. The standard InChI is InChI=1S/C34H38N4O2/c35-20-7-6-12-32-34(40)38(24-25-13-14-27-10-4-5-11-30(27)22-25)21-19-31(37-32)23-36-33(39)29-17-15-28(16-18-29)26-8-2-1-3-9-26/h1-5,8-11,13-18,22,31-32,37H,6-7,12,19-21,23-24,35H2,(H,36,39)/t31-,32+/m0/s1. The first-order valence-corrected chi connectivity index (χ1v) is 14.3. The van der Waals surface area contributed by atoms with Gasteiger partial charge in [-0.2, -0.15) is 0 Å². The fourth-order valence-corrected chi connectivity index (χ4v) is 5.42. The van der Waals surface area contributed by atoms with E-state index in [9.17, 15) is 9.59 Å². The molecule has 40 heavy (non-hydrogen) atoms. The highest BCUT2D eigenvalue weighted by Gasteiger charge is 2.30. The molecule has 5 rings (SSSR count). The second kappa shape index (κ2) is 13.4. The van der Waals surface area contributed by atoms with Gasteiger partial charge in [0.2, 0.25) is 5.91 Å². The van der Waals surface area contributed by atoms with Gasteiger partial charge in [0.25, 0.3) is 5.91 Å². The molecule has 0 radical (unpaired) electrons. The van der Waals surface area contributed by atoms with Crippen LogP contribution < -0.4 is 16.4 Å². The molecular formula is C34H38N4O2. The van der Waals surface area contributed by atoms with Gasteiger partial charge in [-0.05, 0) is 71.5 Å². The number of rotatable bonds is 10. The molecule has 1 aliphatic heterocycles. The number of unbranched alkanes of at least 4 members (excludes halogenated alkanes) is 1. The van der Waals surface area contributed by atoms with E-state index in [4.69, 9.17) is 5.73 Å². The third kappa shape index (κ3) is 6.95. The van der Waals surface area contributed by atoms with Crippen LogP contribution in [0.5, 0.6) is 0 Å². The predicted molar refractivity (Wildman–Crippen MR) is 162 cm³/mol. The topological polar surface area (TPSA) is 87.5 Å². The van der Waals surface area contributed by atoms with E-state index in [1.807, 2.05) is 59.5 Å². The van der Waals surface area contributed by atoms with Crippen molar-refractivity contribution in [2.75, 3.05) is 19.6 Å². The normalized spacial score (nSPS) is 17.5. The third-order valence-electron chi connectivity index (χ3n) is 7.69. The fraction of sp³-hybridized carbons (Fsp3) is 0.294. The van der Waals surface area contributed by atoms with E-state index >= 15 is 0 Å². The van der Waals surface area contributed by atoms with Crippen molar-refractivity contribution in [2.24, 2.45) is 5.73 Å². The number of fused-ring (bicyclic) bond motifs is 1. The molecule has 1 aliphatic rings. The van der Waals surface area contributed by atoms with Gasteiger partial charge in [-0.25, -0.2) is 0 Å². The van der Waals surface area contributed by atoms with E-state index in [1.54, 1.807) is 0 Å². The number of hydrogen-bond donors (Lipinski definition) is 3. The van der Waals surface area contributed by atoms with Crippen LogP contribution in [0.3, 0.4) is 0 Å². The van der Waals surface area contributed by atoms with Crippen LogP contribution in [0.4, 0.5) is 0 Å². The van der Waals surface area contributed by atoms with Crippen molar-refractivity contribution in [3.05, 3.63) is 108 Å². The first-order chi connectivity index (χ1) is 19.6. The number of nitrogens with zero attached hydrogens (tertiary/aromatic N) is 1. The molecule has 0 aromatic heterocycles. The molecule has 0 bridgehead atoms. The summed E-state index contributed by atoms with van der Waals surface area (Å²) in [5, 5.41) is 9.03. The minimum atomic E-state index is -0.290. The first-order valence-electron chi connectivity index (χ1n) is 14.3. The smallest absolute Gasteiger partial charge is 0.251 e. The summed E-state index contributed by atoms with van der Waals surface area (Å²) in [6.45, 7) is 2.29. The molecule has 4 aromatic carbocycles. The quantitative estimate of drug-likeness (QED) is 0.246. The van der Waals surface area contributed by atoms with Gasteiger partial charge in [0, 0.05) is 31.2 Å². The number of carbonyl (C=O) groups is 2. The minimum Gasteiger partial charge on any atom is -0.350 e. The summed E-state index contributed by atoms with van der Waals surface area (Å²) in [5.41, 5.74) is 9.68. The Bertz CT molecular complexity index is 1420. The largest absolute Gasteiger partial charge is 0.350 e. The molecule has 206 valence electrons. The van der Waals surface area contributed by atoms with Gasteiger partial charge in [0.15, 0.2) is 0 Å². The average Bonchev–Trinajstić information content (AvgIpc) is 3.14. The van der Waals surface area contributed by atoms with Crippen molar-refractivity contribution in [2.45, 2.75) is 44.3 Å². The van der Waals surface area contributed by atoms with E-state index < -0.39 is 0 Å². The van der Waals surface area contributed by atoms with E-state index in [0.29, 0.717) is 31.7 Å². The first kappa shape index (κ1) is 27.6. The maximum Gasteiger partial charge on any atom is 0.251 e. The van der Waals surface area contributed by atoms with Gasteiger partial charge in [0.1, 0.15) is 0 Å². The summed E-state index contributed by atoms with van der Waals surface area (Å²) >= 11 is 0. The van der Waals surface area contributed by atoms with Crippen LogP contribution in [0.25, 0.3) is 21.9 Å². The van der Waals surface area contributed by atoms with Gasteiger partial charge in [-0.1, -0.05) is 85.3 Å². The number of amides is 2. The van der Waals surface area contributed by atoms with Crippen LogP contribution >= 0.6 is 0 Å². The third-order valence-corrected chi connectivity index (χ3v) is 7.69. The molecule has 1 fully saturated rings. The lowest BCUT2D eigenvalue weighted by Gasteiger charge is -2.25. The summed E-state index contributed by atoms with van der Waals surface area (Å²) in [5.74, 6) is 0.0141.